The van der Waals surface area contributed by atoms with E-state index in [1.54, 1.807) is 7.11 Å². The van der Waals surface area contributed by atoms with Crippen LogP contribution in [0.1, 0.15) is 32.3 Å². The number of aromatic nitrogens is 3. The summed E-state index contributed by atoms with van der Waals surface area (Å²) in [4.78, 5) is 13.0. The zero-order chi connectivity index (χ0) is 17.3. The summed E-state index contributed by atoms with van der Waals surface area (Å²) in [7, 11) is 1.67. The van der Waals surface area contributed by atoms with Gasteiger partial charge in [0.1, 0.15) is 11.6 Å². The highest BCUT2D eigenvalue weighted by atomic mass is 16.5. The second-order valence-corrected chi connectivity index (χ2v) is 6.95. The van der Waals surface area contributed by atoms with Crippen molar-refractivity contribution in [1.82, 2.24) is 15.0 Å². The van der Waals surface area contributed by atoms with Crippen LogP contribution in [0, 0.1) is 6.92 Å². The van der Waals surface area contributed by atoms with Crippen molar-refractivity contribution in [2.24, 2.45) is 0 Å². The van der Waals surface area contributed by atoms with Gasteiger partial charge in [0, 0.05) is 16.7 Å². The number of H-pyrrole nitrogens is 1. The molecule has 0 fully saturated rings. The molecule has 1 aromatic carbocycles. The molecule has 2 heterocycles. The fraction of sp³-hybridized carbons (Fsp3) is 0.300. The lowest BCUT2D eigenvalue weighted by Gasteiger charge is -2.14. The Bertz CT molecular complexity index is 842. The number of aromatic amines is 1. The van der Waals surface area contributed by atoms with Gasteiger partial charge >= 0.3 is 0 Å². The van der Waals surface area contributed by atoms with Crippen LogP contribution in [-0.4, -0.2) is 22.1 Å². The highest BCUT2D eigenvalue weighted by Gasteiger charge is 2.23. The average Bonchev–Trinajstić information content (AvgIpc) is 3.00. The molecule has 0 saturated carbocycles. The first kappa shape index (κ1) is 16.2. The molecule has 24 heavy (non-hydrogen) atoms. The molecule has 4 nitrogen and oxygen atoms in total. The highest BCUT2D eigenvalue weighted by Crippen LogP contribution is 2.33. The summed E-state index contributed by atoms with van der Waals surface area (Å²) < 4.78 is 5.25. The van der Waals surface area contributed by atoms with Gasteiger partial charge in [0.25, 0.3) is 0 Å². The summed E-state index contributed by atoms with van der Waals surface area (Å²) >= 11 is 0. The van der Waals surface area contributed by atoms with Crippen LogP contribution in [0.2, 0.25) is 0 Å². The lowest BCUT2D eigenvalue weighted by molar-refractivity contribution is 0.415. The maximum Gasteiger partial charge on any atom is 0.118 e. The molecule has 0 amide bonds. The number of rotatable bonds is 3. The molecule has 0 bridgehead atoms. The molecule has 3 rings (SSSR count). The van der Waals surface area contributed by atoms with Crippen molar-refractivity contribution in [2.45, 2.75) is 33.1 Å². The van der Waals surface area contributed by atoms with Gasteiger partial charge in [-0.2, -0.15) is 0 Å². The Labute approximate surface area is 142 Å². The van der Waals surface area contributed by atoms with E-state index in [9.17, 15) is 0 Å². The molecule has 1 N–H and O–H groups in total. The van der Waals surface area contributed by atoms with Crippen LogP contribution in [-0.2, 0) is 5.41 Å². The van der Waals surface area contributed by atoms with Crippen LogP contribution >= 0.6 is 0 Å². The van der Waals surface area contributed by atoms with Gasteiger partial charge in [-0.3, -0.25) is 4.98 Å². The number of nitrogens with one attached hydrogen (secondary N) is 1. The Hall–Kier alpha value is -2.62. The Morgan fingerprint density at radius 1 is 0.958 bits per heavy atom. The quantitative estimate of drug-likeness (QED) is 0.757. The van der Waals surface area contributed by atoms with Crippen molar-refractivity contribution in [1.29, 1.82) is 0 Å². The molecule has 0 saturated heterocycles. The van der Waals surface area contributed by atoms with Crippen molar-refractivity contribution in [3.05, 3.63) is 54.0 Å². The number of aryl methyl sites for hydroxylation is 1. The number of ether oxygens (including phenoxy) is 1. The fourth-order valence-corrected chi connectivity index (χ4v) is 2.55. The molecule has 0 aliphatic carbocycles. The van der Waals surface area contributed by atoms with E-state index in [1.165, 1.54) is 0 Å². The molecule has 0 spiro atoms. The molecule has 0 atom stereocenters. The fourth-order valence-electron chi connectivity index (χ4n) is 2.55. The van der Waals surface area contributed by atoms with Gasteiger partial charge in [-0.1, -0.05) is 26.8 Å². The van der Waals surface area contributed by atoms with E-state index in [4.69, 9.17) is 9.72 Å². The van der Waals surface area contributed by atoms with E-state index in [2.05, 4.69) is 30.7 Å². The topological polar surface area (TPSA) is 50.8 Å². The predicted octanol–water partition coefficient (Wildman–Crippen LogP) is 4.75. The number of benzene rings is 1. The van der Waals surface area contributed by atoms with Crippen LogP contribution in [0.3, 0.4) is 0 Å². The number of methoxy groups -OCH3 is 1. The van der Waals surface area contributed by atoms with Gasteiger partial charge < -0.3 is 9.72 Å². The predicted molar refractivity (Wildman–Crippen MR) is 97.2 cm³/mol. The van der Waals surface area contributed by atoms with Crippen LogP contribution in [0.4, 0.5) is 0 Å². The van der Waals surface area contributed by atoms with Crippen molar-refractivity contribution < 1.29 is 4.74 Å². The van der Waals surface area contributed by atoms with Gasteiger partial charge in [0.2, 0.25) is 0 Å². The zero-order valence-electron chi connectivity index (χ0n) is 14.8. The minimum absolute atomic E-state index is 0.0662. The Morgan fingerprint density at radius 2 is 1.67 bits per heavy atom. The van der Waals surface area contributed by atoms with Crippen molar-refractivity contribution in [3.8, 4) is 28.4 Å². The first-order valence-corrected chi connectivity index (χ1v) is 8.07. The Balaban J connectivity index is 2.17. The number of nitrogens with zero attached hydrogens (tertiary/aromatic N) is 2. The van der Waals surface area contributed by atoms with Gasteiger partial charge in [0.15, 0.2) is 0 Å². The lowest BCUT2D eigenvalue weighted by Crippen LogP contribution is -2.13. The molecule has 0 unspecified atom stereocenters. The first-order chi connectivity index (χ1) is 11.4. The zero-order valence-corrected chi connectivity index (χ0v) is 14.8. The molecule has 3 aromatic rings. The monoisotopic (exact) mass is 321 g/mol. The maximum absolute atomic E-state index is 5.25. The smallest absolute Gasteiger partial charge is 0.118 e. The minimum Gasteiger partial charge on any atom is -0.497 e. The standard InChI is InChI=1S/C20H23N3O/c1-13-7-6-8-16(21-13)18-17(22-19(23-18)20(2,3)4)14-9-11-15(24-5)12-10-14/h6-12H,1-5H3,(H,22,23). The normalized spacial score (nSPS) is 11.5. The van der Waals surface area contributed by atoms with Crippen molar-refractivity contribution >= 4 is 0 Å². The molecule has 124 valence electrons. The third-order valence-electron chi connectivity index (χ3n) is 3.92. The average molecular weight is 321 g/mol. The van der Waals surface area contributed by atoms with Crippen LogP contribution in [0.5, 0.6) is 5.75 Å². The van der Waals surface area contributed by atoms with Gasteiger partial charge in [-0.05, 0) is 43.3 Å². The van der Waals surface area contributed by atoms with E-state index in [0.717, 1.165) is 39.9 Å². The summed E-state index contributed by atoms with van der Waals surface area (Å²) in [6.07, 6.45) is 0. The van der Waals surface area contributed by atoms with E-state index >= 15 is 0 Å². The molecule has 0 aliphatic rings. The van der Waals surface area contributed by atoms with Crippen LogP contribution in [0.25, 0.3) is 22.6 Å². The summed E-state index contributed by atoms with van der Waals surface area (Å²) in [5, 5.41) is 0. The van der Waals surface area contributed by atoms with E-state index in [1.807, 2.05) is 49.4 Å². The molecular formula is C20H23N3O. The summed E-state index contributed by atoms with van der Waals surface area (Å²) in [5.74, 6) is 1.78. The summed E-state index contributed by atoms with van der Waals surface area (Å²) in [5.41, 5.74) is 4.74. The number of hydrogen-bond donors (Lipinski definition) is 1. The van der Waals surface area contributed by atoms with E-state index in [-0.39, 0.29) is 5.41 Å². The molecule has 4 heteroatoms. The third-order valence-corrected chi connectivity index (χ3v) is 3.92. The second kappa shape index (κ2) is 6.11. The minimum atomic E-state index is -0.0662. The van der Waals surface area contributed by atoms with E-state index < -0.39 is 0 Å². The van der Waals surface area contributed by atoms with Crippen molar-refractivity contribution in [3.63, 3.8) is 0 Å². The largest absolute Gasteiger partial charge is 0.497 e. The summed E-state index contributed by atoms with van der Waals surface area (Å²) in [6.45, 7) is 8.45. The van der Waals surface area contributed by atoms with Gasteiger partial charge in [-0.25, -0.2) is 4.98 Å². The third kappa shape index (κ3) is 3.18. The first-order valence-electron chi connectivity index (χ1n) is 8.07. The summed E-state index contributed by atoms with van der Waals surface area (Å²) in [6, 6.07) is 14.0. The number of pyridine rings is 1. The maximum atomic E-state index is 5.25. The second-order valence-electron chi connectivity index (χ2n) is 6.95. The Kier molecular flexibility index (Phi) is 4.14. The lowest BCUT2D eigenvalue weighted by atomic mass is 9.96. The molecule has 0 radical (unpaired) electrons. The molecule has 0 aliphatic heterocycles. The van der Waals surface area contributed by atoms with Crippen molar-refractivity contribution in [2.75, 3.05) is 7.11 Å². The van der Waals surface area contributed by atoms with Crippen LogP contribution in [0.15, 0.2) is 42.5 Å². The highest BCUT2D eigenvalue weighted by molar-refractivity contribution is 5.77. The molecular weight excluding hydrogens is 298 g/mol. The van der Waals surface area contributed by atoms with Crippen LogP contribution < -0.4 is 4.74 Å². The van der Waals surface area contributed by atoms with E-state index in [0.29, 0.717) is 0 Å². The number of hydrogen-bond acceptors (Lipinski definition) is 3. The number of imidazole rings is 1. The Morgan fingerprint density at radius 3 is 2.25 bits per heavy atom. The SMILES string of the molecule is COc1ccc(-c2nc(C(C)(C)C)[nH]c2-c2cccc(C)n2)cc1. The van der Waals surface area contributed by atoms with Gasteiger partial charge in [0.05, 0.1) is 24.2 Å². The van der Waals surface area contributed by atoms with Gasteiger partial charge in [-0.15, -0.1) is 0 Å². The molecule has 2 aromatic heterocycles.